The highest BCUT2D eigenvalue weighted by Crippen LogP contribution is 2.35. The molecule has 7 nitrogen and oxygen atoms in total. The number of pyridine rings is 1. The molecule has 0 saturated heterocycles. The lowest BCUT2D eigenvalue weighted by molar-refractivity contribution is -0.118. The predicted molar refractivity (Wildman–Crippen MR) is 123 cm³/mol. The monoisotopic (exact) mass is 454 g/mol. The van der Waals surface area contributed by atoms with Crippen LogP contribution < -0.4 is 5.43 Å². The summed E-state index contributed by atoms with van der Waals surface area (Å²) in [6.07, 6.45) is 9.01. The summed E-state index contributed by atoms with van der Waals surface area (Å²) < 4.78 is 2.19. The number of hydrogen-bond acceptors (Lipinski definition) is 6. The van der Waals surface area contributed by atoms with E-state index < -0.39 is 0 Å². The van der Waals surface area contributed by atoms with Crippen LogP contribution in [0.15, 0.2) is 58.9 Å². The summed E-state index contributed by atoms with van der Waals surface area (Å²) in [6.45, 7) is 0. The summed E-state index contributed by atoms with van der Waals surface area (Å²) in [5.74, 6) is 0.813. The topological polar surface area (TPSA) is 85.1 Å². The molecule has 0 spiro atoms. The minimum Gasteiger partial charge on any atom is -0.299 e. The van der Waals surface area contributed by atoms with Crippen molar-refractivity contribution in [2.24, 2.45) is 5.10 Å². The zero-order chi connectivity index (χ0) is 21.5. The van der Waals surface area contributed by atoms with Crippen LogP contribution in [0.5, 0.6) is 0 Å². The summed E-state index contributed by atoms with van der Waals surface area (Å²) in [4.78, 5) is 16.4. The van der Waals surface area contributed by atoms with E-state index in [2.05, 4.69) is 30.3 Å². The van der Waals surface area contributed by atoms with E-state index in [1.807, 2.05) is 42.5 Å². The Labute approximate surface area is 190 Å². The van der Waals surface area contributed by atoms with E-state index >= 15 is 0 Å². The van der Waals surface area contributed by atoms with E-state index in [0.717, 1.165) is 29.4 Å². The molecular formula is C22H23ClN6OS. The van der Waals surface area contributed by atoms with Crippen LogP contribution in [-0.4, -0.2) is 37.6 Å². The number of hydrazone groups is 1. The number of nitrogens with one attached hydrogen (secondary N) is 1. The first-order valence-corrected chi connectivity index (χ1v) is 11.6. The Kier molecular flexibility index (Phi) is 7.32. The molecule has 0 atom stereocenters. The average molecular weight is 455 g/mol. The Morgan fingerprint density at radius 2 is 1.97 bits per heavy atom. The minimum absolute atomic E-state index is 0.199. The number of rotatable bonds is 7. The maximum absolute atomic E-state index is 12.3. The molecule has 0 aliphatic heterocycles. The fourth-order valence-corrected chi connectivity index (χ4v) is 4.55. The molecule has 2 aromatic heterocycles. The normalized spacial score (nSPS) is 14.7. The summed E-state index contributed by atoms with van der Waals surface area (Å²) in [5.41, 5.74) is 4.19. The first-order valence-electron chi connectivity index (χ1n) is 10.3. The van der Waals surface area contributed by atoms with Crippen LogP contribution in [0, 0.1) is 0 Å². The van der Waals surface area contributed by atoms with E-state index in [9.17, 15) is 4.79 Å². The van der Waals surface area contributed by atoms with Crippen molar-refractivity contribution >= 4 is 35.5 Å². The smallest absolute Gasteiger partial charge is 0.250 e. The number of amides is 1. The van der Waals surface area contributed by atoms with Gasteiger partial charge in [0.25, 0.3) is 5.91 Å². The standard InChI is InChI=1S/C22H23ClN6OS/c23-17-11-9-16(10-12-17)21-27-28-22(29(21)19-7-2-1-3-8-19)31-15-20(30)26-25-14-18-6-4-5-13-24-18/h4-6,9-14,19H,1-3,7-8,15H2,(H,26,30)/b25-14-. The number of carbonyl (C=O) groups excluding carboxylic acids is 1. The lowest BCUT2D eigenvalue weighted by atomic mass is 9.95. The van der Waals surface area contributed by atoms with Gasteiger partial charge >= 0.3 is 0 Å². The second-order valence-corrected chi connectivity index (χ2v) is 8.69. The highest BCUT2D eigenvalue weighted by Gasteiger charge is 2.24. The summed E-state index contributed by atoms with van der Waals surface area (Å²) in [6, 6.07) is 13.5. The van der Waals surface area contributed by atoms with Gasteiger partial charge < -0.3 is 0 Å². The Balaban J connectivity index is 1.46. The molecule has 3 aromatic rings. The van der Waals surface area contributed by atoms with Crippen molar-refractivity contribution < 1.29 is 4.79 Å². The SMILES string of the molecule is O=C(CSc1nnc(-c2ccc(Cl)cc2)n1C1CCCCC1)N/N=C\c1ccccn1. The maximum Gasteiger partial charge on any atom is 0.250 e. The number of nitrogens with zero attached hydrogens (tertiary/aromatic N) is 5. The van der Waals surface area contributed by atoms with Crippen molar-refractivity contribution in [1.29, 1.82) is 0 Å². The van der Waals surface area contributed by atoms with E-state index in [4.69, 9.17) is 11.6 Å². The Morgan fingerprint density at radius 1 is 1.16 bits per heavy atom. The van der Waals surface area contributed by atoms with Crippen molar-refractivity contribution in [2.75, 3.05) is 5.75 Å². The number of hydrogen-bond donors (Lipinski definition) is 1. The third-order valence-corrected chi connectivity index (χ3v) is 6.31. The van der Waals surface area contributed by atoms with E-state index in [1.165, 1.54) is 37.2 Å². The van der Waals surface area contributed by atoms with Gasteiger partial charge in [0.1, 0.15) is 0 Å². The number of aromatic nitrogens is 4. The Hall–Kier alpha value is -2.71. The van der Waals surface area contributed by atoms with Crippen LogP contribution in [0.1, 0.15) is 43.8 Å². The molecule has 31 heavy (non-hydrogen) atoms. The lowest BCUT2D eigenvalue weighted by Crippen LogP contribution is -2.20. The van der Waals surface area contributed by atoms with Crippen LogP contribution in [0.25, 0.3) is 11.4 Å². The molecule has 1 saturated carbocycles. The molecule has 0 bridgehead atoms. The molecule has 1 aromatic carbocycles. The molecule has 0 unspecified atom stereocenters. The highest BCUT2D eigenvalue weighted by molar-refractivity contribution is 7.99. The average Bonchev–Trinajstić information content (AvgIpc) is 3.23. The lowest BCUT2D eigenvalue weighted by Gasteiger charge is -2.25. The fraction of sp³-hybridized carbons (Fsp3) is 0.318. The van der Waals surface area contributed by atoms with Gasteiger partial charge in [-0.1, -0.05) is 48.7 Å². The molecule has 9 heteroatoms. The van der Waals surface area contributed by atoms with Crippen LogP contribution in [0.2, 0.25) is 5.02 Å². The minimum atomic E-state index is -0.205. The molecule has 0 radical (unpaired) electrons. The van der Waals surface area contributed by atoms with Gasteiger partial charge in [-0.05, 0) is 49.2 Å². The molecule has 4 rings (SSSR count). The van der Waals surface area contributed by atoms with Crippen molar-refractivity contribution in [3.05, 3.63) is 59.4 Å². The van der Waals surface area contributed by atoms with Crippen LogP contribution in [0.4, 0.5) is 0 Å². The number of halogens is 1. The van der Waals surface area contributed by atoms with Gasteiger partial charge in [-0.3, -0.25) is 14.3 Å². The van der Waals surface area contributed by atoms with Gasteiger partial charge in [-0.2, -0.15) is 5.10 Å². The largest absolute Gasteiger partial charge is 0.299 e. The number of thioether (sulfide) groups is 1. The highest BCUT2D eigenvalue weighted by atomic mass is 35.5. The quantitative estimate of drug-likeness (QED) is 0.316. The van der Waals surface area contributed by atoms with Crippen LogP contribution in [-0.2, 0) is 4.79 Å². The molecule has 2 heterocycles. The zero-order valence-corrected chi connectivity index (χ0v) is 18.5. The third kappa shape index (κ3) is 5.71. The van der Waals surface area contributed by atoms with Gasteiger partial charge in [-0.15, -0.1) is 10.2 Å². The summed E-state index contributed by atoms with van der Waals surface area (Å²) in [7, 11) is 0. The van der Waals surface area contributed by atoms with Gasteiger partial charge in [0.2, 0.25) is 0 Å². The number of carbonyl (C=O) groups is 1. The van der Waals surface area contributed by atoms with Crippen molar-refractivity contribution in [3.63, 3.8) is 0 Å². The molecule has 1 aliphatic rings. The van der Waals surface area contributed by atoms with E-state index in [1.54, 1.807) is 6.20 Å². The molecular weight excluding hydrogens is 432 g/mol. The third-order valence-electron chi connectivity index (χ3n) is 5.11. The van der Waals surface area contributed by atoms with Gasteiger partial charge in [0.15, 0.2) is 11.0 Å². The van der Waals surface area contributed by atoms with Gasteiger partial charge in [0.05, 0.1) is 17.7 Å². The molecule has 1 N–H and O–H groups in total. The van der Waals surface area contributed by atoms with Crippen molar-refractivity contribution in [1.82, 2.24) is 25.2 Å². The van der Waals surface area contributed by atoms with Gasteiger partial charge in [0, 0.05) is 22.8 Å². The second kappa shape index (κ2) is 10.5. The molecule has 1 fully saturated rings. The summed E-state index contributed by atoms with van der Waals surface area (Å²) in [5, 5.41) is 14.3. The number of benzene rings is 1. The first-order chi connectivity index (χ1) is 15.2. The Morgan fingerprint density at radius 3 is 2.71 bits per heavy atom. The first kappa shape index (κ1) is 21.5. The molecule has 1 aliphatic carbocycles. The molecule has 1 amide bonds. The van der Waals surface area contributed by atoms with Crippen molar-refractivity contribution in [3.8, 4) is 11.4 Å². The van der Waals surface area contributed by atoms with Crippen LogP contribution >= 0.6 is 23.4 Å². The molecule has 160 valence electrons. The fourth-order valence-electron chi connectivity index (χ4n) is 3.62. The van der Waals surface area contributed by atoms with Crippen molar-refractivity contribution in [2.45, 2.75) is 43.3 Å². The zero-order valence-electron chi connectivity index (χ0n) is 16.9. The summed E-state index contributed by atoms with van der Waals surface area (Å²) >= 11 is 7.43. The Bertz CT molecular complexity index is 1030. The second-order valence-electron chi connectivity index (χ2n) is 7.31. The van der Waals surface area contributed by atoms with Gasteiger partial charge in [-0.25, -0.2) is 5.43 Å². The van der Waals surface area contributed by atoms with E-state index in [-0.39, 0.29) is 11.7 Å². The van der Waals surface area contributed by atoms with Crippen LogP contribution in [0.3, 0.4) is 0 Å². The predicted octanol–water partition coefficient (Wildman–Crippen LogP) is 4.74. The maximum atomic E-state index is 12.3. The van der Waals surface area contributed by atoms with E-state index in [0.29, 0.717) is 16.8 Å².